The van der Waals surface area contributed by atoms with Gasteiger partial charge in [-0.1, -0.05) is 5.16 Å². The van der Waals surface area contributed by atoms with Gasteiger partial charge in [-0.2, -0.15) is 0 Å². The Kier molecular flexibility index (Phi) is 3.98. The molecule has 2 aromatic carbocycles. The summed E-state index contributed by atoms with van der Waals surface area (Å²) in [5, 5.41) is 4.58. The first-order valence-corrected chi connectivity index (χ1v) is 9.62. The molecule has 0 aromatic heterocycles. The predicted octanol–water partition coefficient (Wildman–Crippen LogP) is 3.18. The molecular weight excluding hydrogens is 356 g/mol. The molecule has 6 heteroatoms. The Balaban J connectivity index is 1.59. The number of oxime groups is 1. The Morgan fingerprint density at radius 1 is 1.00 bits per heavy atom. The van der Waals surface area contributed by atoms with Crippen LogP contribution in [0.5, 0.6) is 17.2 Å². The lowest BCUT2D eigenvalue weighted by molar-refractivity contribution is -0.145. The highest BCUT2D eigenvalue weighted by atomic mass is 16.7. The summed E-state index contributed by atoms with van der Waals surface area (Å²) in [6.07, 6.45) is 1.98. The SMILES string of the molecule is COc1ccc(C2=NOC34c5cc(OC)c(OC)cc5CCN3CCC24)cc1. The van der Waals surface area contributed by atoms with Gasteiger partial charge in [0.2, 0.25) is 5.72 Å². The average molecular weight is 380 g/mol. The number of methoxy groups -OCH3 is 3. The summed E-state index contributed by atoms with van der Waals surface area (Å²) in [5.41, 5.74) is 3.92. The highest BCUT2D eigenvalue weighted by Gasteiger charge is 2.60. The van der Waals surface area contributed by atoms with Crippen LogP contribution in [0, 0.1) is 5.92 Å². The zero-order valence-corrected chi connectivity index (χ0v) is 16.4. The van der Waals surface area contributed by atoms with Gasteiger partial charge in [-0.05, 0) is 54.8 Å². The van der Waals surface area contributed by atoms with Gasteiger partial charge in [0.15, 0.2) is 11.5 Å². The van der Waals surface area contributed by atoms with Crippen LogP contribution < -0.4 is 14.2 Å². The number of hydrogen-bond acceptors (Lipinski definition) is 6. The lowest BCUT2D eigenvalue weighted by atomic mass is 9.80. The van der Waals surface area contributed by atoms with Crippen LogP contribution in [0.15, 0.2) is 41.6 Å². The lowest BCUT2D eigenvalue weighted by Gasteiger charge is -2.41. The van der Waals surface area contributed by atoms with E-state index in [2.05, 4.69) is 34.3 Å². The molecule has 0 amide bonds. The molecule has 0 N–H and O–H groups in total. The van der Waals surface area contributed by atoms with Gasteiger partial charge >= 0.3 is 0 Å². The molecular formula is C22H24N2O4. The van der Waals surface area contributed by atoms with Crippen LogP contribution in [0.25, 0.3) is 0 Å². The number of ether oxygens (including phenoxy) is 3. The zero-order valence-electron chi connectivity index (χ0n) is 16.4. The second-order valence-corrected chi connectivity index (χ2v) is 7.44. The highest BCUT2D eigenvalue weighted by Crippen LogP contribution is 2.54. The Bertz CT molecular complexity index is 940. The predicted molar refractivity (Wildman–Crippen MR) is 105 cm³/mol. The molecule has 2 aromatic rings. The van der Waals surface area contributed by atoms with Crippen LogP contribution in [0.3, 0.4) is 0 Å². The summed E-state index contributed by atoms with van der Waals surface area (Å²) < 4.78 is 16.4. The molecule has 6 nitrogen and oxygen atoms in total. The highest BCUT2D eigenvalue weighted by molar-refractivity contribution is 6.04. The lowest BCUT2D eigenvalue weighted by Crippen LogP contribution is -2.50. The zero-order chi connectivity index (χ0) is 19.3. The third-order valence-electron chi connectivity index (χ3n) is 6.28. The van der Waals surface area contributed by atoms with E-state index in [1.807, 2.05) is 12.1 Å². The smallest absolute Gasteiger partial charge is 0.226 e. The fourth-order valence-electron chi connectivity index (χ4n) is 4.91. The third-order valence-corrected chi connectivity index (χ3v) is 6.28. The second-order valence-electron chi connectivity index (χ2n) is 7.44. The summed E-state index contributed by atoms with van der Waals surface area (Å²) >= 11 is 0. The van der Waals surface area contributed by atoms with Crippen molar-refractivity contribution in [3.63, 3.8) is 0 Å². The molecule has 5 rings (SSSR count). The van der Waals surface area contributed by atoms with Crippen molar-refractivity contribution in [2.45, 2.75) is 18.6 Å². The van der Waals surface area contributed by atoms with Gasteiger partial charge in [0.05, 0.1) is 33.0 Å². The van der Waals surface area contributed by atoms with Crippen molar-refractivity contribution in [2.24, 2.45) is 11.1 Å². The minimum atomic E-state index is -0.553. The Morgan fingerprint density at radius 2 is 1.75 bits per heavy atom. The number of benzene rings is 2. The van der Waals surface area contributed by atoms with Crippen molar-refractivity contribution in [1.82, 2.24) is 4.90 Å². The average Bonchev–Trinajstić information content (AvgIpc) is 3.30. The molecule has 2 atom stereocenters. The van der Waals surface area contributed by atoms with E-state index in [-0.39, 0.29) is 5.92 Å². The van der Waals surface area contributed by atoms with Gasteiger partial charge in [0, 0.05) is 24.2 Å². The second kappa shape index (κ2) is 6.41. The van der Waals surface area contributed by atoms with Crippen LogP contribution in [-0.2, 0) is 17.0 Å². The van der Waals surface area contributed by atoms with Gasteiger partial charge in [-0.3, -0.25) is 4.90 Å². The van der Waals surface area contributed by atoms with Crippen LogP contribution in [0.2, 0.25) is 0 Å². The number of rotatable bonds is 4. The molecule has 3 aliphatic heterocycles. The van der Waals surface area contributed by atoms with Gasteiger partial charge in [-0.15, -0.1) is 0 Å². The topological polar surface area (TPSA) is 52.5 Å². The Morgan fingerprint density at radius 3 is 2.46 bits per heavy atom. The molecule has 3 heterocycles. The summed E-state index contributed by atoms with van der Waals surface area (Å²) in [7, 11) is 5.02. The van der Waals surface area contributed by atoms with Crippen molar-refractivity contribution in [2.75, 3.05) is 34.4 Å². The normalized spacial score (nSPS) is 25.2. The fourth-order valence-corrected chi connectivity index (χ4v) is 4.91. The monoisotopic (exact) mass is 380 g/mol. The molecule has 2 unspecified atom stereocenters. The van der Waals surface area contributed by atoms with Crippen LogP contribution in [0.4, 0.5) is 0 Å². The maximum atomic E-state index is 6.28. The summed E-state index contributed by atoms with van der Waals surface area (Å²) in [6.45, 7) is 1.94. The maximum Gasteiger partial charge on any atom is 0.226 e. The first kappa shape index (κ1) is 17.4. The standard InChI is InChI=1S/C22H24N2O4/c1-25-16-6-4-14(5-7-16)21-17-9-11-24-10-8-15-12-19(26-2)20(27-3)13-18(15)22(17,24)28-23-21/h4-7,12-13,17H,8-11H2,1-3H3. The minimum Gasteiger partial charge on any atom is -0.497 e. The van der Waals surface area contributed by atoms with E-state index in [1.165, 1.54) is 5.56 Å². The molecule has 0 aliphatic carbocycles. The number of fused-ring (bicyclic) bond motifs is 1. The Labute approximate surface area is 164 Å². The number of nitrogens with zero attached hydrogens (tertiary/aromatic N) is 2. The molecule has 3 aliphatic rings. The Hall–Kier alpha value is -2.73. The van der Waals surface area contributed by atoms with E-state index in [9.17, 15) is 0 Å². The largest absolute Gasteiger partial charge is 0.497 e. The molecule has 0 saturated carbocycles. The molecule has 1 fully saturated rings. The molecule has 0 bridgehead atoms. The molecule has 1 saturated heterocycles. The van der Waals surface area contributed by atoms with Gasteiger partial charge in [0.25, 0.3) is 0 Å². The quantitative estimate of drug-likeness (QED) is 0.816. The van der Waals surface area contributed by atoms with E-state index in [1.54, 1.807) is 21.3 Å². The molecule has 146 valence electrons. The van der Waals surface area contributed by atoms with E-state index in [0.717, 1.165) is 60.0 Å². The number of hydrogen-bond donors (Lipinski definition) is 0. The van der Waals surface area contributed by atoms with Crippen LogP contribution >= 0.6 is 0 Å². The van der Waals surface area contributed by atoms with Crippen molar-refractivity contribution in [1.29, 1.82) is 0 Å². The van der Waals surface area contributed by atoms with Crippen molar-refractivity contribution < 1.29 is 19.0 Å². The first-order valence-electron chi connectivity index (χ1n) is 9.62. The van der Waals surface area contributed by atoms with E-state index in [0.29, 0.717) is 0 Å². The third kappa shape index (κ3) is 2.27. The molecule has 1 spiro atoms. The summed E-state index contributed by atoms with van der Waals surface area (Å²) in [4.78, 5) is 8.70. The van der Waals surface area contributed by atoms with Gasteiger partial charge < -0.3 is 19.0 Å². The summed E-state index contributed by atoms with van der Waals surface area (Å²) in [5.74, 6) is 2.50. The van der Waals surface area contributed by atoms with E-state index < -0.39 is 5.72 Å². The maximum absolute atomic E-state index is 6.28. The fraction of sp³-hybridized carbons (Fsp3) is 0.409. The van der Waals surface area contributed by atoms with E-state index >= 15 is 0 Å². The summed E-state index contributed by atoms with van der Waals surface area (Å²) in [6, 6.07) is 12.2. The van der Waals surface area contributed by atoms with Gasteiger partial charge in [-0.25, -0.2) is 0 Å². The van der Waals surface area contributed by atoms with Crippen molar-refractivity contribution in [3.8, 4) is 17.2 Å². The van der Waals surface area contributed by atoms with E-state index in [4.69, 9.17) is 19.0 Å². The van der Waals surface area contributed by atoms with Crippen LogP contribution in [0.1, 0.15) is 23.1 Å². The van der Waals surface area contributed by atoms with Gasteiger partial charge in [0.1, 0.15) is 5.75 Å². The molecule has 28 heavy (non-hydrogen) atoms. The minimum absolute atomic E-state index is 0.179. The van der Waals surface area contributed by atoms with Crippen LogP contribution in [-0.4, -0.2) is 45.0 Å². The molecule has 0 radical (unpaired) electrons. The van der Waals surface area contributed by atoms with Crippen molar-refractivity contribution in [3.05, 3.63) is 53.1 Å². The first-order chi connectivity index (χ1) is 13.7. The van der Waals surface area contributed by atoms with Crippen molar-refractivity contribution >= 4 is 5.71 Å².